The summed E-state index contributed by atoms with van der Waals surface area (Å²) in [6.07, 6.45) is -3.38. The molecule has 0 saturated carbocycles. The highest BCUT2D eigenvalue weighted by Gasteiger charge is 2.34. The lowest BCUT2D eigenvalue weighted by molar-refractivity contribution is -0.138. The van der Waals surface area contributed by atoms with Crippen molar-refractivity contribution in [1.29, 1.82) is 0 Å². The highest BCUT2D eigenvalue weighted by atomic mass is 32.2. The largest absolute Gasteiger partial charge is 0.416 e. The summed E-state index contributed by atoms with van der Waals surface area (Å²) >= 11 is 0. The summed E-state index contributed by atoms with van der Waals surface area (Å²) in [5, 5.41) is 4.27. The summed E-state index contributed by atoms with van der Waals surface area (Å²) in [6.45, 7) is 3.28. The lowest BCUT2D eigenvalue weighted by Crippen LogP contribution is -2.16. The van der Waals surface area contributed by atoms with Gasteiger partial charge in [-0.3, -0.25) is 4.68 Å². The molecule has 10 heteroatoms. The Morgan fingerprint density at radius 1 is 1.36 bits per heavy atom. The predicted molar refractivity (Wildman–Crippen MR) is 99.7 cm³/mol. The van der Waals surface area contributed by atoms with E-state index in [2.05, 4.69) is 9.82 Å². The summed E-state index contributed by atoms with van der Waals surface area (Å²) < 4.78 is 70.0. The Balaban J connectivity index is 2.43. The Kier molecular flexibility index (Phi) is 7.13. The van der Waals surface area contributed by atoms with Crippen molar-refractivity contribution in [2.75, 3.05) is 13.6 Å². The highest BCUT2D eigenvalue weighted by Crippen LogP contribution is 2.34. The molecule has 2 aromatic rings. The fourth-order valence-corrected chi connectivity index (χ4v) is 3.52. The molecule has 1 unspecified atom stereocenters. The molecule has 0 spiro atoms. The third-order valence-electron chi connectivity index (χ3n) is 4.32. The minimum absolute atomic E-state index is 0.0128. The zero-order chi connectivity index (χ0) is 21.1. The van der Waals surface area contributed by atoms with Gasteiger partial charge in [-0.05, 0) is 44.7 Å². The number of nitrogens with one attached hydrogen (secondary N) is 1. The van der Waals surface area contributed by atoms with Gasteiger partial charge in [0.05, 0.1) is 22.7 Å². The summed E-state index contributed by atoms with van der Waals surface area (Å²) in [5.41, 5.74) is 6.14. The van der Waals surface area contributed by atoms with Crippen LogP contribution < -0.4 is 10.5 Å². The maximum atomic E-state index is 13.8. The van der Waals surface area contributed by atoms with Crippen LogP contribution in [0.1, 0.15) is 28.1 Å². The molecule has 1 atom stereocenters. The van der Waals surface area contributed by atoms with Crippen molar-refractivity contribution >= 4 is 11.0 Å². The van der Waals surface area contributed by atoms with Crippen LogP contribution in [0.3, 0.4) is 0 Å². The molecule has 0 aliphatic heterocycles. The summed E-state index contributed by atoms with van der Waals surface area (Å²) in [6, 6.07) is 3.55. The van der Waals surface area contributed by atoms with Gasteiger partial charge in [0.15, 0.2) is 0 Å². The molecule has 0 aliphatic carbocycles. The predicted octanol–water partition coefficient (Wildman–Crippen LogP) is 3.16. The van der Waals surface area contributed by atoms with Crippen molar-refractivity contribution in [1.82, 2.24) is 14.5 Å². The van der Waals surface area contributed by atoms with Gasteiger partial charge in [-0.25, -0.2) is 13.3 Å². The van der Waals surface area contributed by atoms with Gasteiger partial charge in [0.2, 0.25) is 0 Å². The smallest absolute Gasteiger partial charge is 0.327 e. The van der Waals surface area contributed by atoms with E-state index in [9.17, 15) is 21.8 Å². The molecule has 0 radical (unpaired) electrons. The third kappa shape index (κ3) is 5.06. The second kappa shape index (κ2) is 8.97. The van der Waals surface area contributed by atoms with Gasteiger partial charge in [-0.1, -0.05) is 6.07 Å². The van der Waals surface area contributed by atoms with Gasteiger partial charge >= 0.3 is 6.18 Å². The number of halogens is 4. The molecule has 0 saturated heterocycles. The van der Waals surface area contributed by atoms with E-state index in [1.165, 1.54) is 29.9 Å². The topological polar surface area (TPSA) is 72.9 Å². The van der Waals surface area contributed by atoms with Crippen LogP contribution in [0, 0.1) is 13.8 Å². The van der Waals surface area contributed by atoms with Gasteiger partial charge in [0.25, 0.3) is 0 Å². The normalized spacial score (nSPS) is 13.8. The van der Waals surface area contributed by atoms with Crippen molar-refractivity contribution in [3.05, 3.63) is 58.2 Å². The summed E-state index contributed by atoms with van der Waals surface area (Å²) in [5.74, 6) is -0.414. The fourth-order valence-electron chi connectivity index (χ4n) is 2.86. The zero-order valence-electron chi connectivity index (χ0n) is 15.7. The van der Waals surface area contributed by atoms with Crippen LogP contribution in [0.2, 0.25) is 0 Å². The average molecular weight is 418 g/mol. The second-order valence-electron chi connectivity index (χ2n) is 6.16. The second-order valence-corrected chi connectivity index (χ2v) is 7.58. The fraction of sp³-hybridized carbons (Fsp3) is 0.389. The van der Waals surface area contributed by atoms with E-state index < -0.39 is 28.6 Å². The van der Waals surface area contributed by atoms with E-state index in [1.54, 1.807) is 13.8 Å². The van der Waals surface area contributed by atoms with E-state index in [1.807, 2.05) is 0 Å². The van der Waals surface area contributed by atoms with Crippen LogP contribution in [0.15, 0.2) is 35.0 Å². The number of nitrogens with zero attached hydrogens (tertiary/aromatic N) is 2. The van der Waals surface area contributed by atoms with Crippen LogP contribution in [0.25, 0.3) is 0 Å². The lowest BCUT2D eigenvalue weighted by atomic mass is 10.1. The van der Waals surface area contributed by atoms with Crippen LogP contribution in [-0.2, 0) is 30.1 Å². The van der Waals surface area contributed by atoms with E-state index in [-0.39, 0.29) is 30.0 Å². The standard InChI is InChI=1S/C18H22F4N4OS/c1-11-16(8-14(19)6-7-23)12(2)26(25-11)10-13-4-5-15(28(27)24-3)9-17(13)18(20,21)22/h4-6,9,24H,7-8,10,23H2,1-3H3/b14-6-. The Bertz CT molecular complexity index is 906. The molecule has 154 valence electrons. The zero-order valence-corrected chi connectivity index (χ0v) is 16.5. The molecular formula is C18H22F4N4OS. The Labute approximate surface area is 163 Å². The Hall–Kier alpha value is -2.04. The van der Waals surface area contributed by atoms with Crippen LogP contribution >= 0.6 is 0 Å². The van der Waals surface area contributed by atoms with E-state index in [0.29, 0.717) is 17.0 Å². The number of aromatic nitrogens is 2. The molecule has 0 bridgehead atoms. The van der Waals surface area contributed by atoms with Crippen LogP contribution in [-0.4, -0.2) is 27.6 Å². The monoisotopic (exact) mass is 418 g/mol. The molecule has 0 fully saturated rings. The first-order valence-corrected chi connectivity index (χ1v) is 9.60. The maximum absolute atomic E-state index is 13.8. The highest BCUT2D eigenvalue weighted by molar-refractivity contribution is 7.83. The van der Waals surface area contributed by atoms with E-state index in [4.69, 9.17) is 5.73 Å². The van der Waals surface area contributed by atoms with Crippen molar-refractivity contribution in [3.63, 3.8) is 0 Å². The molecule has 1 aromatic carbocycles. The first kappa shape index (κ1) is 22.3. The number of hydrogen-bond acceptors (Lipinski definition) is 3. The molecule has 2 rings (SSSR count). The average Bonchev–Trinajstić information content (AvgIpc) is 2.88. The molecule has 1 heterocycles. The quantitative estimate of drug-likeness (QED) is 0.679. The lowest BCUT2D eigenvalue weighted by Gasteiger charge is -2.15. The molecule has 28 heavy (non-hydrogen) atoms. The van der Waals surface area contributed by atoms with Crippen molar-refractivity contribution < 1.29 is 21.8 Å². The number of alkyl halides is 3. The number of hydrogen-bond donors (Lipinski definition) is 2. The van der Waals surface area contributed by atoms with E-state index in [0.717, 1.165) is 6.07 Å². The summed E-state index contributed by atoms with van der Waals surface area (Å²) in [4.78, 5) is 0.0293. The van der Waals surface area contributed by atoms with E-state index >= 15 is 0 Å². The van der Waals surface area contributed by atoms with Crippen LogP contribution in [0.4, 0.5) is 17.6 Å². The molecule has 3 N–H and O–H groups in total. The van der Waals surface area contributed by atoms with Gasteiger partial charge in [-0.2, -0.15) is 18.3 Å². The van der Waals surface area contributed by atoms with Crippen molar-refractivity contribution in [2.45, 2.75) is 37.9 Å². The number of benzene rings is 1. The number of nitrogens with two attached hydrogens (primary N) is 1. The van der Waals surface area contributed by atoms with Gasteiger partial charge < -0.3 is 5.73 Å². The van der Waals surface area contributed by atoms with Crippen molar-refractivity contribution in [2.24, 2.45) is 5.73 Å². The third-order valence-corrected chi connectivity index (χ3v) is 5.38. The number of aryl methyl sites for hydroxylation is 1. The minimum atomic E-state index is -4.61. The van der Waals surface area contributed by atoms with Crippen LogP contribution in [0.5, 0.6) is 0 Å². The Morgan fingerprint density at radius 3 is 2.61 bits per heavy atom. The van der Waals surface area contributed by atoms with Gasteiger partial charge in [0, 0.05) is 24.2 Å². The minimum Gasteiger partial charge on any atom is -0.327 e. The number of allylic oxidation sites excluding steroid dienone is 1. The number of rotatable bonds is 7. The molecular weight excluding hydrogens is 396 g/mol. The van der Waals surface area contributed by atoms with Crippen molar-refractivity contribution in [3.8, 4) is 0 Å². The first-order chi connectivity index (χ1) is 13.1. The molecule has 1 aromatic heterocycles. The SMILES string of the molecule is CNS(=O)c1ccc(Cn2nc(C)c(C/C(F)=C/CN)c2C)c(C(F)(F)F)c1. The van der Waals surface area contributed by atoms with Gasteiger partial charge in [0.1, 0.15) is 16.8 Å². The first-order valence-electron chi connectivity index (χ1n) is 8.45. The Morgan fingerprint density at radius 2 is 2.04 bits per heavy atom. The summed E-state index contributed by atoms with van der Waals surface area (Å²) in [7, 11) is -0.338. The molecule has 0 amide bonds. The van der Waals surface area contributed by atoms with Gasteiger partial charge in [-0.15, -0.1) is 0 Å². The maximum Gasteiger partial charge on any atom is 0.416 e. The molecule has 0 aliphatic rings. The molecule has 5 nitrogen and oxygen atoms in total.